The van der Waals surface area contributed by atoms with Gasteiger partial charge in [-0.1, -0.05) is 0 Å². The second kappa shape index (κ2) is 10.0. The molecule has 0 aliphatic rings. The van der Waals surface area contributed by atoms with Gasteiger partial charge in [0, 0.05) is 11.6 Å². The molecular formula is C21H20FN3O4. The molecule has 0 saturated carbocycles. The van der Waals surface area contributed by atoms with Crippen molar-refractivity contribution in [1.29, 1.82) is 0 Å². The number of hydrogen-bond acceptors (Lipinski definition) is 6. The number of carbonyl (C=O) groups excluding carboxylic acids is 1. The van der Waals surface area contributed by atoms with Gasteiger partial charge >= 0.3 is 0 Å². The van der Waals surface area contributed by atoms with Crippen LogP contribution in [-0.4, -0.2) is 43.0 Å². The Morgan fingerprint density at radius 2 is 1.66 bits per heavy atom. The molecule has 0 atom stereocenters. The standard InChI is InChI=1S/C21H20FN3O4/c1-27-17-6-8-18(9-7-17)29-14-20(26)23-12-13-28-21-11-10-19(24-25-21)15-2-4-16(22)5-3-15/h2-11H,12-14H2,1H3,(H,23,26). The van der Waals surface area contributed by atoms with E-state index in [1.165, 1.54) is 12.1 Å². The Kier molecular flexibility index (Phi) is 6.94. The molecule has 8 heteroatoms. The molecule has 1 heterocycles. The summed E-state index contributed by atoms with van der Waals surface area (Å²) in [5.74, 6) is 1.06. The average molecular weight is 397 g/mol. The molecular weight excluding hydrogens is 377 g/mol. The highest BCUT2D eigenvalue weighted by molar-refractivity contribution is 5.77. The number of nitrogens with zero attached hydrogens (tertiary/aromatic N) is 2. The highest BCUT2D eigenvalue weighted by Crippen LogP contribution is 2.18. The minimum Gasteiger partial charge on any atom is -0.497 e. The number of nitrogens with one attached hydrogen (secondary N) is 1. The molecule has 0 fully saturated rings. The van der Waals surface area contributed by atoms with Crippen molar-refractivity contribution in [2.45, 2.75) is 0 Å². The van der Waals surface area contributed by atoms with Crippen LogP contribution in [0, 0.1) is 5.82 Å². The van der Waals surface area contributed by atoms with Crippen LogP contribution in [0.3, 0.4) is 0 Å². The third kappa shape index (κ3) is 6.17. The largest absolute Gasteiger partial charge is 0.497 e. The topological polar surface area (TPSA) is 82.6 Å². The molecule has 0 aliphatic heterocycles. The first-order valence-electron chi connectivity index (χ1n) is 8.90. The maximum atomic E-state index is 13.0. The van der Waals surface area contributed by atoms with E-state index in [0.29, 0.717) is 29.6 Å². The Balaban J connectivity index is 1.36. The van der Waals surface area contributed by atoms with Gasteiger partial charge in [-0.2, -0.15) is 0 Å². The van der Waals surface area contributed by atoms with Gasteiger partial charge in [0.25, 0.3) is 5.91 Å². The lowest BCUT2D eigenvalue weighted by molar-refractivity contribution is -0.123. The van der Waals surface area contributed by atoms with Crippen molar-refractivity contribution in [3.8, 4) is 28.6 Å². The Labute approximate surface area is 167 Å². The van der Waals surface area contributed by atoms with Crippen LogP contribution in [-0.2, 0) is 4.79 Å². The van der Waals surface area contributed by atoms with E-state index in [-0.39, 0.29) is 24.9 Å². The van der Waals surface area contributed by atoms with Gasteiger partial charge in [-0.05, 0) is 54.6 Å². The Morgan fingerprint density at radius 3 is 2.31 bits per heavy atom. The van der Waals surface area contributed by atoms with Crippen molar-refractivity contribution in [2.24, 2.45) is 0 Å². The molecule has 0 radical (unpaired) electrons. The van der Waals surface area contributed by atoms with Gasteiger partial charge in [0.05, 0.1) is 19.3 Å². The van der Waals surface area contributed by atoms with E-state index in [9.17, 15) is 9.18 Å². The molecule has 0 aliphatic carbocycles. The number of ether oxygens (including phenoxy) is 3. The fraction of sp³-hybridized carbons (Fsp3) is 0.190. The van der Waals surface area contributed by atoms with Crippen molar-refractivity contribution in [2.75, 3.05) is 26.9 Å². The smallest absolute Gasteiger partial charge is 0.258 e. The van der Waals surface area contributed by atoms with Crippen molar-refractivity contribution in [3.63, 3.8) is 0 Å². The number of carbonyl (C=O) groups is 1. The fourth-order valence-electron chi connectivity index (χ4n) is 2.39. The highest BCUT2D eigenvalue weighted by atomic mass is 19.1. The van der Waals surface area contributed by atoms with Crippen LogP contribution < -0.4 is 19.5 Å². The fourth-order valence-corrected chi connectivity index (χ4v) is 2.39. The molecule has 0 spiro atoms. The maximum absolute atomic E-state index is 13.0. The van der Waals surface area contributed by atoms with Crippen LogP contribution in [0.4, 0.5) is 4.39 Å². The van der Waals surface area contributed by atoms with Gasteiger partial charge in [-0.25, -0.2) is 4.39 Å². The Morgan fingerprint density at radius 1 is 0.931 bits per heavy atom. The zero-order chi connectivity index (χ0) is 20.5. The van der Waals surface area contributed by atoms with Crippen LogP contribution in [0.2, 0.25) is 0 Å². The number of methoxy groups -OCH3 is 1. The minimum atomic E-state index is -0.307. The van der Waals surface area contributed by atoms with Gasteiger partial charge in [-0.3, -0.25) is 4.79 Å². The summed E-state index contributed by atoms with van der Waals surface area (Å²) in [6.45, 7) is 0.434. The van der Waals surface area contributed by atoms with E-state index in [1.807, 2.05) is 0 Å². The molecule has 150 valence electrons. The lowest BCUT2D eigenvalue weighted by Crippen LogP contribution is -2.32. The summed E-state index contributed by atoms with van der Waals surface area (Å²) in [6.07, 6.45) is 0. The molecule has 3 aromatic rings. The predicted octanol–water partition coefficient (Wildman–Crippen LogP) is 2.87. The summed E-state index contributed by atoms with van der Waals surface area (Å²) in [7, 11) is 1.58. The summed E-state index contributed by atoms with van der Waals surface area (Å²) in [5.41, 5.74) is 1.37. The monoisotopic (exact) mass is 397 g/mol. The van der Waals surface area contributed by atoms with Gasteiger partial charge in [0.2, 0.25) is 5.88 Å². The normalized spacial score (nSPS) is 10.3. The molecule has 0 unspecified atom stereocenters. The van der Waals surface area contributed by atoms with Crippen LogP contribution in [0.1, 0.15) is 0 Å². The van der Waals surface area contributed by atoms with E-state index in [0.717, 1.165) is 5.56 Å². The van der Waals surface area contributed by atoms with E-state index in [4.69, 9.17) is 14.2 Å². The Hall–Kier alpha value is -3.68. The van der Waals surface area contributed by atoms with Crippen LogP contribution in [0.5, 0.6) is 17.4 Å². The number of benzene rings is 2. The number of amides is 1. The molecule has 2 aromatic carbocycles. The van der Waals surface area contributed by atoms with Crippen LogP contribution in [0.15, 0.2) is 60.7 Å². The first kappa shape index (κ1) is 20.1. The Bertz CT molecular complexity index is 916. The van der Waals surface area contributed by atoms with Crippen molar-refractivity contribution in [3.05, 3.63) is 66.5 Å². The molecule has 3 rings (SSSR count). The molecule has 1 N–H and O–H groups in total. The molecule has 0 bridgehead atoms. The van der Waals surface area contributed by atoms with E-state index >= 15 is 0 Å². The average Bonchev–Trinajstić information content (AvgIpc) is 2.76. The van der Waals surface area contributed by atoms with Crippen molar-refractivity contribution in [1.82, 2.24) is 15.5 Å². The van der Waals surface area contributed by atoms with Crippen LogP contribution in [0.25, 0.3) is 11.3 Å². The van der Waals surface area contributed by atoms with E-state index in [2.05, 4.69) is 15.5 Å². The number of aromatic nitrogens is 2. The van der Waals surface area contributed by atoms with Gasteiger partial charge in [0.1, 0.15) is 23.9 Å². The number of hydrogen-bond donors (Lipinski definition) is 1. The number of rotatable bonds is 9. The van der Waals surface area contributed by atoms with Crippen LogP contribution >= 0.6 is 0 Å². The first-order chi connectivity index (χ1) is 14.1. The lowest BCUT2D eigenvalue weighted by atomic mass is 10.1. The zero-order valence-corrected chi connectivity index (χ0v) is 15.8. The summed E-state index contributed by atoms with van der Waals surface area (Å²) in [5, 5.41) is 10.7. The van der Waals surface area contributed by atoms with E-state index in [1.54, 1.807) is 55.6 Å². The molecule has 1 amide bonds. The summed E-state index contributed by atoms with van der Waals surface area (Å²) < 4.78 is 28.9. The van der Waals surface area contributed by atoms with Gasteiger partial charge in [-0.15, -0.1) is 10.2 Å². The molecule has 0 saturated heterocycles. The maximum Gasteiger partial charge on any atom is 0.258 e. The predicted molar refractivity (Wildman–Crippen MR) is 104 cm³/mol. The van der Waals surface area contributed by atoms with Gasteiger partial charge in [0.15, 0.2) is 6.61 Å². The minimum absolute atomic E-state index is 0.0987. The third-order valence-corrected chi connectivity index (χ3v) is 3.88. The van der Waals surface area contributed by atoms with Gasteiger partial charge < -0.3 is 19.5 Å². The van der Waals surface area contributed by atoms with Crippen molar-refractivity contribution < 1.29 is 23.4 Å². The summed E-state index contributed by atoms with van der Waals surface area (Å²) >= 11 is 0. The SMILES string of the molecule is COc1ccc(OCC(=O)NCCOc2ccc(-c3ccc(F)cc3)nn2)cc1. The lowest BCUT2D eigenvalue weighted by Gasteiger charge is -2.09. The number of halogens is 1. The molecule has 29 heavy (non-hydrogen) atoms. The summed E-state index contributed by atoms with van der Waals surface area (Å²) in [6, 6.07) is 16.3. The quantitative estimate of drug-likeness (QED) is 0.559. The first-order valence-corrected chi connectivity index (χ1v) is 8.90. The zero-order valence-electron chi connectivity index (χ0n) is 15.8. The molecule has 1 aromatic heterocycles. The highest BCUT2D eigenvalue weighted by Gasteiger charge is 2.05. The second-order valence-electron chi connectivity index (χ2n) is 5.93. The third-order valence-electron chi connectivity index (χ3n) is 3.88. The second-order valence-corrected chi connectivity index (χ2v) is 5.93. The van der Waals surface area contributed by atoms with Crippen molar-refractivity contribution >= 4 is 5.91 Å². The molecule has 7 nitrogen and oxygen atoms in total. The summed E-state index contributed by atoms with van der Waals surface area (Å²) in [4.78, 5) is 11.8. The van der Waals surface area contributed by atoms with E-state index < -0.39 is 0 Å².